The molecule has 1 heterocycles. The van der Waals surface area contributed by atoms with Gasteiger partial charge in [0.15, 0.2) is 10.7 Å². The van der Waals surface area contributed by atoms with E-state index in [4.69, 9.17) is 27.7 Å². The van der Waals surface area contributed by atoms with Gasteiger partial charge >= 0.3 is 0 Å². The number of nitrogens with zero attached hydrogens (tertiary/aromatic N) is 1. The highest BCUT2D eigenvalue weighted by molar-refractivity contribution is 7.90. The monoisotopic (exact) mass is 388 g/mol. The van der Waals surface area contributed by atoms with Crippen molar-refractivity contribution < 1.29 is 17.7 Å². The molecule has 1 saturated carbocycles. The first kappa shape index (κ1) is 17.3. The SMILES string of the molecule is Cc1noc(C)c1S(=O)(=O)NC(=O)C1(c2ccc(Cl)cc2Cl)CC1. The summed E-state index contributed by atoms with van der Waals surface area (Å²) in [5.41, 5.74) is -0.185. The number of aryl methyl sites for hydroxylation is 2. The van der Waals surface area contributed by atoms with Crippen molar-refractivity contribution >= 4 is 39.1 Å². The smallest absolute Gasteiger partial charge is 0.269 e. The molecular weight excluding hydrogens is 375 g/mol. The summed E-state index contributed by atoms with van der Waals surface area (Å²) in [4.78, 5) is 12.5. The molecule has 1 N–H and O–H groups in total. The van der Waals surface area contributed by atoms with Crippen LogP contribution in [0.3, 0.4) is 0 Å². The van der Waals surface area contributed by atoms with Crippen LogP contribution >= 0.6 is 23.2 Å². The van der Waals surface area contributed by atoms with Gasteiger partial charge in [-0.1, -0.05) is 34.4 Å². The largest absolute Gasteiger partial charge is 0.360 e. The van der Waals surface area contributed by atoms with Gasteiger partial charge in [-0.25, -0.2) is 13.1 Å². The lowest BCUT2D eigenvalue weighted by atomic mass is 9.95. The number of nitrogens with one attached hydrogen (secondary N) is 1. The van der Waals surface area contributed by atoms with E-state index < -0.39 is 21.3 Å². The van der Waals surface area contributed by atoms with Crippen molar-refractivity contribution in [2.75, 3.05) is 0 Å². The summed E-state index contributed by atoms with van der Waals surface area (Å²) < 4.78 is 32.0. The third-order valence-electron chi connectivity index (χ3n) is 4.10. The van der Waals surface area contributed by atoms with Crippen LogP contribution in [0.15, 0.2) is 27.6 Å². The molecule has 1 aromatic carbocycles. The van der Waals surface area contributed by atoms with Gasteiger partial charge in [-0.15, -0.1) is 0 Å². The molecule has 1 aromatic heterocycles. The Balaban J connectivity index is 1.93. The van der Waals surface area contributed by atoms with Crippen LogP contribution in [-0.4, -0.2) is 19.5 Å². The van der Waals surface area contributed by atoms with Crippen LogP contribution < -0.4 is 4.72 Å². The quantitative estimate of drug-likeness (QED) is 0.868. The van der Waals surface area contributed by atoms with Gasteiger partial charge in [0.25, 0.3) is 10.0 Å². The van der Waals surface area contributed by atoms with Gasteiger partial charge in [0, 0.05) is 10.0 Å². The van der Waals surface area contributed by atoms with E-state index in [0.29, 0.717) is 28.5 Å². The molecule has 2 aromatic rings. The van der Waals surface area contributed by atoms with Crippen LogP contribution in [0.25, 0.3) is 0 Å². The van der Waals surface area contributed by atoms with Crippen molar-refractivity contribution in [3.8, 4) is 0 Å². The maximum absolute atomic E-state index is 12.7. The number of carbonyl (C=O) groups is 1. The average Bonchev–Trinajstić information content (AvgIpc) is 3.19. The first-order valence-electron chi connectivity index (χ1n) is 7.13. The lowest BCUT2D eigenvalue weighted by Crippen LogP contribution is -2.39. The second kappa shape index (κ2) is 5.75. The van der Waals surface area contributed by atoms with Crippen LogP contribution in [0.4, 0.5) is 0 Å². The molecular formula is C15H14Cl2N2O4S. The van der Waals surface area contributed by atoms with Gasteiger partial charge in [-0.3, -0.25) is 4.79 Å². The van der Waals surface area contributed by atoms with E-state index in [-0.39, 0.29) is 16.3 Å². The standard InChI is InChI=1S/C15H14Cl2N2O4S/c1-8-13(9(2)23-18-8)24(21,22)19-14(20)15(5-6-15)11-4-3-10(16)7-12(11)17/h3-4,7H,5-6H2,1-2H3,(H,19,20). The Morgan fingerprint density at radius 3 is 2.46 bits per heavy atom. The van der Waals surface area contributed by atoms with Gasteiger partial charge in [0.1, 0.15) is 5.69 Å². The van der Waals surface area contributed by atoms with Crippen LogP contribution in [-0.2, 0) is 20.2 Å². The van der Waals surface area contributed by atoms with E-state index in [1.807, 2.05) is 0 Å². The maximum Gasteiger partial charge on any atom is 0.269 e. The van der Waals surface area contributed by atoms with Crippen molar-refractivity contribution in [3.05, 3.63) is 45.3 Å². The zero-order valence-corrected chi connectivity index (χ0v) is 15.2. The molecule has 0 saturated heterocycles. The molecule has 0 bridgehead atoms. The average molecular weight is 389 g/mol. The second-order valence-corrected chi connectivity index (χ2v) is 8.26. The third-order valence-corrected chi connectivity index (χ3v) is 6.22. The molecule has 0 radical (unpaired) electrons. The number of hydrogen-bond acceptors (Lipinski definition) is 5. The predicted molar refractivity (Wildman–Crippen MR) is 88.7 cm³/mol. The maximum atomic E-state index is 12.7. The molecule has 9 heteroatoms. The highest BCUT2D eigenvalue weighted by atomic mass is 35.5. The summed E-state index contributed by atoms with van der Waals surface area (Å²) in [5, 5.41) is 4.39. The summed E-state index contributed by atoms with van der Waals surface area (Å²) in [5.74, 6) is -0.492. The van der Waals surface area contributed by atoms with E-state index in [2.05, 4.69) is 9.88 Å². The Bertz CT molecular complexity index is 913. The zero-order valence-electron chi connectivity index (χ0n) is 12.9. The molecule has 128 valence electrons. The van der Waals surface area contributed by atoms with Crippen LogP contribution in [0.2, 0.25) is 10.0 Å². The number of amides is 1. The lowest BCUT2D eigenvalue weighted by Gasteiger charge is -2.17. The lowest BCUT2D eigenvalue weighted by molar-refractivity contribution is -0.121. The highest BCUT2D eigenvalue weighted by Crippen LogP contribution is 2.51. The number of benzene rings is 1. The fourth-order valence-corrected chi connectivity index (χ4v) is 4.72. The Morgan fingerprint density at radius 1 is 1.29 bits per heavy atom. The van der Waals surface area contributed by atoms with Crippen molar-refractivity contribution in [2.45, 2.75) is 37.0 Å². The molecule has 1 aliphatic carbocycles. The molecule has 24 heavy (non-hydrogen) atoms. The fourth-order valence-electron chi connectivity index (χ4n) is 2.75. The van der Waals surface area contributed by atoms with Gasteiger partial charge in [0.05, 0.1) is 5.41 Å². The first-order chi connectivity index (χ1) is 11.2. The molecule has 0 spiro atoms. The molecule has 3 rings (SSSR count). The van der Waals surface area contributed by atoms with E-state index in [9.17, 15) is 13.2 Å². The molecule has 1 fully saturated rings. The summed E-state index contributed by atoms with van der Waals surface area (Å²) in [6, 6.07) is 4.81. The third kappa shape index (κ3) is 2.81. The van der Waals surface area contributed by atoms with Crippen molar-refractivity contribution in [1.82, 2.24) is 9.88 Å². The second-order valence-electron chi connectivity index (χ2n) is 5.79. The van der Waals surface area contributed by atoms with Crippen molar-refractivity contribution in [1.29, 1.82) is 0 Å². The molecule has 1 amide bonds. The highest BCUT2D eigenvalue weighted by Gasteiger charge is 2.53. The predicted octanol–water partition coefficient (Wildman–Crippen LogP) is 3.13. The molecule has 0 aliphatic heterocycles. The van der Waals surface area contributed by atoms with Crippen molar-refractivity contribution in [2.24, 2.45) is 0 Å². The number of halogens is 2. The van der Waals surface area contributed by atoms with Gasteiger partial charge in [-0.2, -0.15) is 0 Å². The van der Waals surface area contributed by atoms with Crippen LogP contribution in [0.5, 0.6) is 0 Å². The number of rotatable bonds is 4. The van der Waals surface area contributed by atoms with Gasteiger partial charge in [-0.05, 0) is 44.4 Å². The molecule has 6 nitrogen and oxygen atoms in total. The Labute approximate surface area is 149 Å². The molecule has 0 unspecified atom stereocenters. The van der Waals surface area contributed by atoms with E-state index in [0.717, 1.165) is 0 Å². The summed E-state index contributed by atoms with van der Waals surface area (Å²) in [7, 11) is -4.07. The summed E-state index contributed by atoms with van der Waals surface area (Å²) >= 11 is 12.1. The van der Waals surface area contributed by atoms with Gasteiger partial charge < -0.3 is 4.52 Å². The number of sulfonamides is 1. The van der Waals surface area contributed by atoms with Crippen molar-refractivity contribution in [3.63, 3.8) is 0 Å². The molecule has 1 aliphatic rings. The first-order valence-corrected chi connectivity index (χ1v) is 9.37. The summed E-state index contributed by atoms with van der Waals surface area (Å²) in [6.07, 6.45) is 1.02. The van der Waals surface area contributed by atoms with E-state index >= 15 is 0 Å². The van der Waals surface area contributed by atoms with Crippen LogP contribution in [0.1, 0.15) is 29.9 Å². The Morgan fingerprint density at radius 2 is 1.96 bits per heavy atom. The van der Waals surface area contributed by atoms with Gasteiger partial charge in [0.2, 0.25) is 5.91 Å². The summed E-state index contributed by atoms with van der Waals surface area (Å²) in [6.45, 7) is 2.97. The normalized spacial score (nSPS) is 16.0. The van der Waals surface area contributed by atoms with E-state index in [1.165, 1.54) is 19.9 Å². The fraction of sp³-hybridized carbons (Fsp3) is 0.333. The van der Waals surface area contributed by atoms with Crippen LogP contribution in [0, 0.1) is 13.8 Å². The topological polar surface area (TPSA) is 89.3 Å². The van der Waals surface area contributed by atoms with E-state index in [1.54, 1.807) is 12.1 Å². The number of carbonyl (C=O) groups excluding carboxylic acids is 1. The number of hydrogen-bond donors (Lipinski definition) is 1. The Hall–Kier alpha value is -1.57. The minimum atomic E-state index is -4.07. The Kier molecular flexibility index (Phi) is 4.14. The number of aromatic nitrogens is 1. The minimum Gasteiger partial charge on any atom is -0.360 e. The minimum absolute atomic E-state index is 0.117. The zero-order chi connectivity index (χ0) is 17.7. The molecule has 0 atom stereocenters.